The molecule has 1 aliphatic carbocycles. The average Bonchev–Trinajstić information content (AvgIpc) is 2.45. The van der Waals surface area contributed by atoms with Crippen molar-refractivity contribution in [2.24, 2.45) is 11.8 Å². The van der Waals surface area contributed by atoms with Gasteiger partial charge in [-0.2, -0.15) is 0 Å². The number of nitrogens with zero attached hydrogens (tertiary/aromatic N) is 1. The van der Waals surface area contributed by atoms with Crippen molar-refractivity contribution in [1.29, 1.82) is 0 Å². The number of nitrogens with one attached hydrogen (secondary N) is 1. The number of hydrogen-bond acceptors (Lipinski definition) is 2. The molecule has 0 amide bonds. The van der Waals surface area contributed by atoms with Gasteiger partial charge >= 0.3 is 0 Å². The Morgan fingerprint density at radius 2 is 2.05 bits per heavy atom. The molecule has 2 nitrogen and oxygen atoms in total. The molecule has 1 heterocycles. The molecule has 0 radical (unpaired) electrons. The number of pyridine rings is 1. The molecule has 1 saturated carbocycles. The van der Waals surface area contributed by atoms with E-state index in [4.69, 9.17) is 0 Å². The molecule has 1 N–H and O–H groups in total. The molecule has 0 aliphatic heterocycles. The zero-order valence-electron chi connectivity index (χ0n) is 12.9. The van der Waals surface area contributed by atoms with Crippen LogP contribution in [0.1, 0.15) is 64.6 Å². The van der Waals surface area contributed by atoms with Crippen molar-refractivity contribution < 1.29 is 4.39 Å². The average molecular weight is 278 g/mol. The first-order valence-electron chi connectivity index (χ1n) is 7.99. The summed E-state index contributed by atoms with van der Waals surface area (Å²) in [5, 5.41) is 3.66. The van der Waals surface area contributed by atoms with Crippen LogP contribution in [0.5, 0.6) is 0 Å². The Bertz CT molecular complexity index is 402. The highest BCUT2D eigenvalue weighted by atomic mass is 19.1. The molecule has 1 fully saturated rings. The van der Waals surface area contributed by atoms with Gasteiger partial charge in [0.25, 0.3) is 0 Å². The summed E-state index contributed by atoms with van der Waals surface area (Å²) in [6.45, 7) is 6.62. The van der Waals surface area contributed by atoms with E-state index in [2.05, 4.69) is 31.1 Å². The van der Waals surface area contributed by atoms with Gasteiger partial charge in [-0.25, -0.2) is 4.39 Å². The van der Waals surface area contributed by atoms with Crippen LogP contribution in [-0.2, 0) is 0 Å². The largest absolute Gasteiger partial charge is 0.306 e. The van der Waals surface area contributed by atoms with Crippen molar-refractivity contribution in [2.75, 3.05) is 0 Å². The quantitative estimate of drug-likeness (QED) is 0.859. The van der Waals surface area contributed by atoms with Crippen LogP contribution in [0.25, 0.3) is 0 Å². The van der Waals surface area contributed by atoms with E-state index in [1.54, 1.807) is 0 Å². The fraction of sp³-hybridized carbons (Fsp3) is 0.706. The second-order valence-corrected chi connectivity index (χ2v) is 6.32. The summed E-state index contributed by atoms with van der Waals surface area (Å²) in [5.41, 5.74) is 0.991. The molecular weight excluding hydrogens is 251 g/mol. The fourth-order valence-corrected chi connectivity index (χ4v) is 3.54. The van der Waals surface area contributed by atoms with Crippen LogP contribution < -0.4 is 5.32 Å². The third kappa shape index (κ3) is 3.78. The standard InChI is InChI=1S/C17H27FN2/c1-4-13-7-5-6-8-15(13)17(20-12(2)3)16-10-9-14(18)11-19-16/h9-13,15,17,20H,4-8H2,1-3H3. The zero-order valence-corrected chi connectivity index (χ0v) is 12.9. The van der Waals surface area contributed by atoms with Crippen molar-refractivity contribution in [3.63, 3.8) is 0 Å². The first-order chi connectivity index (χ1) is 9.61. The molecule has 1 aromatic rings. The molecule has 0 aromatic carbocycles. The monoisotopic (exact) mass is 278 g/mol. The predicted octanol–water partition coefficient (Wildman–Crippen LogP) is 4.48. The summed E-state index contributed by atoms with van der Waals surface area (Å²) < 4.78 is 13.1. The second-order valence-electron chi connectivity index (χ2n) is 6.32. The Kier molecular flexibility index (Phi) is 5.53. The first-order valence-corrected chi connectivity index (χ1v) is 7.99. The Hall–Kier alpha value is -0.960. The lowest BCUT2D eigenvalue weighted by atomic mass is 9.73. The SMILES string of the molecule is CCC1CCCCC1C(NC(C)C)c1ccc(F)cn1. The molecule has 20 heavy (non-hydrogen) atoms. The van der Waals surface area contributed by atoms with Crippen molar-refractivity contribution in [3.05, 3.63) is 29.8 Å². The topological polar surface area (TPSA) is 24.9 Å². The van der Waals surface area contributed by atoms with Crippen molar-refractivity contribution >= 4 is 0 Å². The van der Waals surface area contributed by atoms with Gasteiger partial charge in [0.1, 0.15) is 5.82 Å². The minimum atomic E-state index is -0.257. The summed E-state index contributed by atoms with van der Waals surface area (Å²) in [6.07, 6.45) is 7.79. The van der Waals surface area contributed by atoms with Crippen LogP contribution in [0.15, 0.2) is 18.3 Å². The normalized spacial score (nSPS) is 24.9. The molecule has 3 atom stereocenters. The highest BCUT2D eigenvalue weighted by Crippen LogP contribution is 2.40. The van der Waals surface area contributed by atoms with Crippen molar-refractivity contribution in [1.82, 2.24) is 10.3 Å². The number of halogens is 1. The van der Waals surface area contributed by atoms with E-state index in [1.165, 1.54) is 44.4 Å². The third-order valence-electron chi connectivity index (χ3n) is 4.50. The maximum Gasteiger partial charge on any atom is 0.141 e. The number of aromatic nitrogens is 1. The van der Waals surface area contributed by atoms with Crippen molar-refractivity contribution in [2.45, 2.75) is 65.0 Å². The zero-order chi connectivity index (χ0) is 14.5. The molecule has 0 bridgehead atoms. The summed E-state index contributed by atoms with van der Waals surface area (Å²) in [5.74, 6) is 1.12. The first kappa shape index (κ1) is 15.4. The van der Waals surface area contributed by atoms with Crippen LogP contribution in [0, 0.1) is 17.7 Å². The van der Waals surface area contributed by atoms with Crippen molar-refractivity contribution in [3.8, 4) is 0 Å². The Labute approximate surface area is 122 Å². The van der Waals surface area contributed by atoms with Crippen LogP contribution in [0.4, 0.5) is 4.39 Å². The van der Waals surface area contributed by atoms with Gasteiger partial charge < -0.3 is 5.32 Å². The maximum absolute atomic E-state index is 13.1. The molecular formula is C17H27FN2. The Morgan fingerprint density at radius 1 is 1.30 bits per heavy atom. The molecule has 3 unspecified atom stereocenters. The number of rotatable bonds is 5. The second kappa shape index (κ2) is 7.16. The van der Waals surface area contributed by atoms with Gasteiger partial charge in [-0.05, 0) is 30.4 Å². The smallest absolute Gasteiger partial charge is 0.141 e. The van der Waals surface area contributed by atoms with Gasteiger partial charge in [-0.15, -0.1) is 0 Å². The van der Waals surface area contributed by atoms with E-state index in [0.717, 1.165) is 11.6 Å². The Morgan fingerprint density at radius 3 is 2.65 bits per heavy atom. The molecule has 1 aliphatic rings. The summed E-state index contributed by atoms with van der Waals surface area (Å²) >= 11 is 0. The number of hydrogen-bond donors (Lipinski definition) is 1. The van der Waals surface area contributed by atoms with Gasteiger partial charge in [-0.3, -0.25) is 4.98 Å². The van der Waals surface area contributed by atoms with Gasteiger partial charge in [0.05, 0.1) is 17.9 Å². The summed E-state index contributed by atoms with van der Waals surface area (Å²) in [6, 6.07) is 4.03. The maximum atomic E-state index is 13.1. The van der Waals surface area contributed by atoms with E-state index in [9.17, 15) is 4.39 Å². The van der Waals surface area contributed by atoms with Crippen LogP contribution in [-0.4, -0.2) is 11.0 Å². The lowest BCUT2D eigenvalue weighted by Gasteiger charge is -2.38. The minimum Gasteiger partial charge on any atom is -0.306 e. The molecule has 0 spiro atoms. The van der Waals surface area contributed by atoms with Gasteiger partial charge in [0, 0.05) is 6.04 Å². The Balaban J connectivity index is 2.23. The highest BCUT2D eigenvalue weighted by Gasteiger charge is 2.32. The van der Waals surface area contributed by atoms with Gasteiger partial charge in [-0.1, -0.05) is 46.5 Å². The molecule has 0 saturated heterocycles. The van der Waals surface area contributed by atoms with Gasteiger partial charge in [0.2, 0.25) is 0 Å². The molecule has 2 rings (SSSR count). The molecule has 112 valence electrons. The van der Waals surface area contributed by atoms with Gasteiger partial charge in [0.15, 0.2) is 0 Å². The minimum absolute atomic E-state index is 0.251. The van der Waals surface area contributed by atoms with Crippen LogP contribution in [0.3, 0.4) is 0 Å². The van der Waals surface area contributed by atoms with E-state index in [-0.39, 0.29) is 11.9 Å². The van der Waals surface area contributed by atoms with Crippen LogP contribution in [0.2, 0.25) is 0 Å². The third-order valence-corrected chi connectivity index (χ3v) is 4.50. The van der Waals surface area contributed by atoms with E-state index in [1.807, 2.05) is 6.07 Å². The predicted molar refractivity (Wildman–Crippen MR) is 80.9 cm³/mol. The highest BCUT2D eigenvalue weighted by molar-refractivity contribution is 5.12. The molecule has 3 heteroatoms. The van der Waals surface area contributed by atoms with E-state index >= 15 is 0 Å². The van der Waals surface area contributed by atoms with E-state index in [0.29, 0.717) is 12.0 Å². The lowest BCUT2D eigenvalue weighted by Crippen LogP contribution is -2.38. The lowest BCUT2D eigenvalue weighted by molar-refractivity contribution is 0.167. The summed E-state index contributed by atoms with van der Waals surface area (Å²) in [4.78, 5) is 4.34. The van der Waals surface area contributed by atoms with Crippen LogP contribution >= 0.6 is 0 Å². The fourth-order valence-electron chi connectivity index (χ4n) is 3.54. The van der Waals surface area contributed by atoms with E-state index < -0.39 is 0 Å². The molecule has 1 aromatic heterocycles. The summed E-state index contributed by atoms with van der Waals surface area (Å²) in [7, 11) is 0.